The number of allylic oxidation sites excluding steroid dienone is 2. The molecule has 1 fully saturated rings. The standard InChI is InChI=1S/C18H26N6/c1-19-11-6-12-24(2)18-8-5-3-4-7-16(21-18)20-17-13-15(22-23-17)14-9-10-14/h4-5,7,13-14,19H,3,6,9-12H2,1-2H3,(H2,20,21,22,23)/b7-4-. The van der Waals surface area contributed by atoms with Crippen LogP contribution in [0.25, 0.3) is 0 Å². The maximum absolute atomic E-state index is 4.72. The fourth-order valence-electron chi connectivity index (χ4n) is 2.58. The molecule has 0 saturated heterocycles. The second-order valence-corrected chi connectivity index (χ2v) is 6.29. The number of nitrogens with one attached hydrogen (secondary N) is 3. The van der Waals surface area contributed by atoms with Gasteiger partial charge in [0.05, 0.1) is 0 Å². The Morgan fingerprint density at radius 1 is 1.42 bits per heavy atom. The van der Waals surface area contributed by atoms with Gasteiger partial charge in [-0.05, 0) is 51.4 Å². The number of aliphatic imine (C=N–C) groups is 1. The molecule has 0 unspecified atom stereocenters. The van der Waals surface area contributed by atoms with Crippen LogP contribution in [0.3, 0.4) is 0 Å². The van der Waals surface area contributed by atoms with E-state index in [-0.39, 0.29) is 0 Å². The fraction of sp³-hybridized carbons (Fsp3) is 0.500. The highest BCUT2D eigenvalue weighted by molar-refractivity contribution is 6.03. The molecule has 6 heteroatoms. The van der Waals surface area contributed by atoms with Gasteiger partial charge in [0.15, 0.2) is 11.6 Å². The summed E-state index contributed by atoms with van der Waals surface area (Å²) in [5, 5.41) is 13.9. The predicted molar refractivity (Wildman–Crippen MR) is 98.1 cm³/mol. The zero-order chi connectivity index (χ0) is 16.8. The summed E-state index contributed by atoms with van der Waals surface area (Å²) in [5.74, 6) is 3.12. The minimum atomic E-state index is 0.666. The van der Waals surface area contributed by atoms with Gasteiger partial charge < -0.3 is 15.5 Å². The van der Waals surface area contributed by atoms with Gasteiger partial charge in [-0.3, -0.25) is 5.10 Å². The lowest BCUT2D eigenvalue weighted by Crippen LogP contribution is -2.23. The normalized spacial score (nSPS) is 20.6. The van der Waals surface area contributed by atoms with Crippen LogP contribution < -0.4 is 10.6 Å². The van der Waals surface area contributed by atoms with Gasteiger partial charge in [0.25, 0.3) is 0 Å². The summed E-state index contributed by atoms with van der Waals surface area (Å²) in [6.45, 7) is 1.93. The number of aromatic nitrogens is 2. The third-order valence-electron chi connectivity index (χ3n) is 4.14. The van der Waals surface area contributed by atoms with Crippen LogP contribution in [0.1, 0.15) is 37.3 Å². The first-order valence-electron chi connectivity index (χ1n) is 8.64. The van der Waals surface area contributed by atoms with Crippen molar-refractivity contribution in [3.63, 3.8) is 0 Å². The van der Waals surface area contributed by atoms with Crippen molar-refractivity contribution in [3.05, 3.63) is 41.5 Å². The summed E-state index contributed by atoms with van der Waals surface area (Å²) in [4.78, 5) is 6.86. The van der Waals surface area contributed by atoms with Crippen LogP contribution in [-0.4, -0.2) is 48.1 Å². The molecule has 24 heavy (non-hydrogen) atoms. The van der Waals surface area contributed by atoms with E-state index >= 15 is 0 Å². The van der Waals surface area contributed by atoms with E-state index in [0.29, 0.717) is 5.92 Å². The van der Waals surface area contributed by atoms with Gasteiger partial charge in [0, 0.05) is 31.3 Å². The van der Waals surface area contributed by atoms with E-state index in [9.17, 15) is 0 Å². The van der Waals surface area contributed by atoms with Gasteiger partial charge in [-0.1, -0.05) is 11.8 Å². The Morgan fingerprint density at radius 3 is 3.08 bits per heavy atom. The summed E-state index contributed by atoms with van der Waals surface area (Å²) in [6.07, 6.45) is 10.5. The first-order chi connectivity index (χ1) is 11.8. The van der Waals surface area contributed by atoms with Gasteiger partial charge >= 0.3 is 0 Å². The maximum atomic E-state index is 4.72. The molecule has 0 aromatic carbocycles. The van der Waals surface area contributed by atoms with E-state index in [1.807, 2.05) is 19.2 Å². The Morgan fingerprint density at radius 2 is 2.29 bits per heavy atom. The van der Waals surface area contributed by atoms with Gasteiger partial charge in [0.1, 0.15) is 5.84 Å². The van der Waals surface area contributed by atoms with Crippen molar-refractivity contribution in [1.29, 1.82) is 0 Å². The van der Waals surface area contributed by atoms with Crippen LogP contribution in [-0.2, 0) is 0 Å². The summed E-state index contributed by atoms with van der Waals surface area (Å²) < 4.78 is 0. The number of anilines is 1. The fourth-order valence-corrected chi connectivity index (χ4v) is 2.58. The highest BCUT2D eigenvalue weighted by Gasteiger charge is 2.25. The number of amidine groups is 1. The Balaban J connectivity index is 1.69. The monoisotopic (exact) mass is 326 g/mol. The second kappa shape index (κ2) is 7.99. The van der Waals surface area contributed by atoms with Crippen LogP contribution in [0.4, 0.5) is 5.82 Å². The summed E-state index contributed by atoms with van der Waals surface area (Å²) in [6, 6.07) is 2.09. The number of aromatic amines is 1. The van der Waals surface area contributed by atoms with Crippen molar-refractivity contribution in [2.24, 2.45) is 4.99 Å². The molecule has 1 aliphatic heterocycles. The van der Waals surface area contributed by atoms with Gasteiger partial charge in [0.2, 0.25) is 0 Å². The third-order valence-corrected chi connectivity index (χ3v) is 4.14. The maximum Gasteiger partial charge on any atom is 0.174 e. The molecule has 1 aromatic rings. The van der Waals surface area contributed by atoms with Crippen LogP contribution in [0.5, 0.6) is 0 Å². The molecule has 3 N–H and O–H groups in total. The van der Waals surface area contributed by atoms with Crippen molar-refractivity contribution in [2.45, 2.75) is 31.6 Å². The SMILES string of the molecule is CNCCCN(C)C1=C=CC/C=C\C(Nc2cc(C3CC3)[nH]n2)=N/1. The van der Waals surface area contributed by atoms with E-state index in [4.69, 9.17) is 4.99 Å². The zero-order valence-electron chi connectivity index (χ0n) is 14.5. The van der Waals surface area contributed by atoms with Crippen molar-refractivity contribution >= 4 is 11.7 Å². The Labute approximate surface area is 143 Å². The smallest absolute Gasteiger partial charge is 0.174 e. The molecule has 0 radical (unpaired) electrons. The van der Waals surface area contributed by atoms with Crippen LogP contribution in [0.2, 0.25) is 0 Å². The van der Waals surface area contributed by atoms with Crippen molar-refractivity contribution in [3.8, 4) is 0 Å². The number of nitrogens with zero attached hydrogens (tertiary/aromatic N) is 3. The van der Waals surface area contributed by atoms with Crippen molar-refractivity contribution in [2.75, 3.05) is 32.5 Å². The van der Waals surface area contributed by atoms with Gasteiger partial charge in [-0.25, -0.2) is 4.99 Å². The lowest BCUT2D eigenvalue weighted by atomic mass is 10.3. The molecule has 2 heterocycles. The van der Waals surface area contributed by atoms with E-state index < -0.39 is 0 Å². The molecular formula is C18H26N6. The molecule has 128 valence electrons. The first-order valence-corrected chi connectivity index (χ1v) is 8.64. The summed E-state index contributed by atoms with van der Waals surface area (Å²) in [7, 11) is 4.03. The highest BCUT2D eigenvalue weighted by atomic mass is 15.2. The molecule has 1 saturated carbocycles. The summed E-state index contributed by atoms with van der Waals surface area (Å²) >= 11 is 0. The number of H-pyrrole nitrogens is 1. The van der Waals surface area contributed by atoms with Gasteiger partial charge in [-0.2, -0.15) is 5.10 Å². The summed E-state index contributed by atoms with van der Waals surface area (Å²) in [5.41, 5.74) is 4.50. The topological polar surface area (TPSA) is 68.3 Å². The van der Waals surface area contributed by atoms with Crippen LogP contribution >= 0.6 is 0 Å². The van der Waals surface area contributed by atoms with E-state index in [1.165, 1.54) is 18.5 Å². The second-order valence-electron chi connectivity index (χ2n) is 6.29. The molecular weight excluding hydrogens is 300 g/mol. The Bertz CT molecular complexity index is 673. The van der Waals surface area contributed by atoms with Crippen molar-refractivity contribution in [1.82, 2.24) is 20.4 Å². The Kier molecular flexibility index (Phi) is 5.51. The zero-order valence-corrected chi connectivity index (χ0v) is 14.5. The Hall–Kier alpha value is -2.30. The van der Waals surface area contributed by atoms with Crippen molar-refractivity contribution < 1.29 is 0 Å². The number of hydrogen-bond donors (Lipinski definition) is 3. The molecule has 0 amide bonds. The average molecular weight is 326 g/mol. The molecule has 0 spiro atoms. The molecule has 1 aromatic heterocycles. The molecule has 0 bridgehead atoms. The number of rotatable bonds is 7. The molecule has 1 aliphatic carbocycles. The van der Waals surface area contributed by atoms with E-state index in [0.717, 1.165) is 43.4 Å². The average Bonchev–Trinajstić information content (AvgIpc) is 3.30. The largest absolute Gasteiger partial charge is 0.353 e. The van der Waals surface area contributed by atoms with E-state index in [1.54, 1.807) is 0 Å². The molecule has 6 nitrogen and oxygen atoms in total. The number of hydrogen-bond acceptors (Lipinski definition) is 5. The lowest BCUT2D eigenvalue weighted by molar-refractivity contribution is 0.403. The van der Waals surface area contributed by atoms with E-state index in [2.05, 4.69) is 50.7 Å². The van der Waals surface area contributed by atoms with Crippen LogP contribution in [0, 0.1) is 0 Å². The predicted octanol–water partition coefficient (Wildman–Crippen LogP) is 2.60. The van der Waals surface area contributed by atoms with Crippen LogP contribution in [0.15, 0.2) is 40.8 Å². The lowest BCUT2D eigenvalue weighted by Gasteiger charge is -2.19. The highest BCUT2D eigenvalue weighted by Crippen LogP contribution is 2.39. The molecule has 0 atom stereocenters. The first kappa shape index (κ1) is 16.6. The third kappa shape index (κ3) is 4.60. The van der Waals surface area contributed by atoms with Gasteiger partial charge in [-0.15, -0.1) is 0 Å². The minimum absolute atomic E-state index is 0.666. The molecule has 3 rings (SSSR count). The quantitative estimate of drug-likeness (QED) is 0.532. The minimum Gasteiger partial charge on any atom is -0.353 e. The molecule has 2 aliphatic rings.